The summed E-state index contributed by atoms with van der Waals surface area (Å²) in [5.74, 6) is -17.6. The van der Waals surface area contributed by atoms with Crippen molar-refractivity contribution in [1.82, 2.24) is 0 Å². The zero-order valence-electron chi connectivity index (χ0n) is 24.6. The summed E-state index contributed by atoms with van der Waals surface area (Å²) in [7, 11) is -2.32. The largest absolute Gasteiger partial charge is 0.864 e. The van der Waals surface area contributed by atoms with Gasteiger partial charge in [-0.2, -0.15) is 0 Å². The molecule has 0 fully saturated rings. The quantitative estimate of drug-likeness (QED) is 0.0548. The van der Waals surface area contributed by atoms with Crippen LogP contribution in [-0.4, -0.2) is 31.4 Å². The van der Waals surface area contributed by atoms with E-state index in [4.69, 9.17) is 14.0 Å². The van der Waals surface area contributed by atoms with Gasteiger partial charge in [0.15, 0.2) is 52.4 Å². The highest BCUT2D eigenvalue weighted by Gasteiger charge is 2.42. The van der Waals surface area contributed by atoms with Gasteiger partial charge in [0, 0.05) is 36.8 Å². The molecule has 240 valence electrons. The number of halogens is 9. The number of hydrogen-bond donors (Lipinski definition) is 0. The monoisotopic (exact) mass is 636 g/mol. The average molecular weight is 636 g/mol. The highest BCUT2D eigenvalue weighted by molar-refractivity contribution is 6.39. The Balaban J connectivity index is 2.20. The molecule has 0 bridgehead atoms. The number of quaternary nitrogens is 1. The van der Waals surface area contributed by atoms with Gasteiger partial charge in [-0.25, -0.2) is 39.5 Å². The van der Waals surface area contributed by atoms with Gasteiger partial charge in [0.1, 0.15) is 23.3 Å². The van der Waals surface area contributed by atoms with E-state index >= 15 is 4.39 Å². The molecule has 0 aliphatic rings. The lowest BCUT2D eigenvalue weighted by molar-refractivity contribution is -0.953. The Labute approximate surface area is 250 Å². The molecule has 1 atom stereocenters. The maximum absolute atomic E-state index is 15.8. The molecule has 44 heavy (non-hydrogen) atoms. The van der Waals surface area contributed by atoms with E-state index in [1.54, 1.807) is 0 Å². The first-order valence-electron chi connectivity index (χ1n) is 14.1. The molecule has 0 radical (unpaired) electrons. The van der Waals surface area contributed by atoms with Gasteiger partial charge in [-0.1, -0.05) is 19.8 Å². The summed E-state index contributed by atoms with van der Waals surface area (Å²) in [6.07, 6.45) is 2.45. The minimum atomic E-state index is -2.32. The van der Waals surface area contributed by atoms with Crippen LogP contribution in [-0.2, 0) is 0 Å². The summed E-state index contributed by atoms with van der Waals surface area (Å²) in [6.45, 7) is 8.87. The van der Waals surface area contributed by atoms with Crippen LogP contribution < -0.4 is 14.0 Å². The van der Waals surface area contributed by atoms with E-state index in [-0.39, 0.29) is 4.48 Å². The Hall–Kier alpha value is -3.55. The summed E-state index contributed by atoms with van der Waals surface area (Å²) in [4.78, 5) is 0. The molecule has 1 unspecified atom stereocenters. The lowest BCUT2D eigenvalue weighted by Crippen LogP contribution is -2.51. The first kappa shape index (κ1) is 34.9. The Morgan fingerprint density at radius 3 is 1.41 bits per heavy atom. The fraction of sp³-hybridized carbons (Fsp3) is 0.400. The summed E-state index contributed by atoms with van der Waals surface area (Å²) in [5.41, 5.74) is -0.393. The molecule has 0 saturated heterocycles. The summed E-state index contributed by atoms with van der Waals surface area (Å²) in [6, 6.07) is 1.27. The van der Waals surface area contributed by atoms with E-state index < -0.39 is 88.5 Å². The Morgan fingerprint density at radius 2 is 1.00 bits per heavy atom. The molecule has 14 heteroatoms. The Bertz CT molecular complexity index is 1340. The maximum Gasteiger partial charge on any atom is 0.864 e. The molecule has 0 aliphatic carbocycles. The number of unbranched alkanes of at least 4 members (excludes halogenated alkanes) is 2. The molecule has 3 rings (SSSR count). The van der Waals surface area contributed by atoms with Crippen molar-refractivity contribution in [2.45, 2.75) is 59.4 Å². The predicted octanol–water partition coefficient (Wildman–Crippen LogP) is 8.96. The molecule has 3 aromatic rings. The lowest BCUT2D eigenvalue weighted by atomic mass is 9.93. The minimum absolute atomic E-state index is 0.219. The van der Waals surface area contributed by atoms with Crippen LogP contribution in [0.15, 0.2) is 30.3 Å². The van der Waals surface area contributed by atoms with Crippen LogP contribution in [0.5, 0.6) is 17.2 Å². The zero-order valence-corrected chi connectivity index (χ0v) is 24.6. The summed E-state index contributed by atoms with van der Waals surface area (Å²) < 4.78 is 145. The first-order chi connectivity index (χ1) is 20.8. The molecule has 3 aromatic carbocycles. The number of hydrogen-bond acceptors (Lipinski definition) is 3. The van der Waals surface area contributed by atoms with E-state index in [9.17, 15) is 35.1 Å². The van der Waals surface area contributed by atoms with Gasteiger partial charge >= 0.3 is 7.32 Å². The van der Waals surface area contributed by atoms with Crippen molar-refractivity contribution in [3.63, 3.8) is 0 Å². The lowest BCUT2D eigenvalue weighted by Gasteiger charge is -2.44. The van der Waals surface area contributed by atoms with E-state index in [1.165, 1.54) is 0 Å². The SMILES string of the molecule is CCCCCC(c1c(OB(Oc2cc(F)c(F)c(F)c2)Oc2cc(F)c(F)c(F)c2)cc(F)c(F)c1F)[N+](CC)(CC)CC. The van der Waals surface area contributed by atoms with E-state index in [2.05, 4.69) is 0 Å². The molecule has 0 saturated carbocycles. The number of rotatable bonds is 15. The fourth-order valence-electron chi connectivity index (χ4n) is 5.21. The molecular formula is C30H32BF9NO3+. The van der Waals surface area contributed by atoms with Crippen molar-refractivity contribution in [2.24, 2.45) is 0 Å². The van der Waals surface area contributed by atoms with Crippen LogP contribution in [0.25, 0.3) is 0 Å². The van der Waals surface area contributed by atoms with Crippen LogP contribution >= 0.6 is 0 Å². The van der Waals surface area contributed by atoms with Crippen LogP contribution in [0.2, 0.25) is 0 Å². The van der Waals surface area contributed by atoms with Crippen molar-refractivity contribution in [1.29, 1.82) is 0 Å². The van der Waals surface area contributed by atoms with Crippen molar-refractivity contribution >= 4 is 7.32 Å². The molecule has 0 N–H and O–H groups in total. The third-order valence-corrected chi connectivity index (χ3v) is 7.73. The zero-order chi connectivity index (χ0) is 32.8. The fourth-order valence-corrected chi connectivity index (χ4v) is 5.21. The van der Waals surface area contributed by atoms with Crippen molar-refractivity contribution < 1.29 is 58.0 Å². The Morgan fingerprint density at radius 1 is 0.568 bits per heavy atom. The van der Waals surface area contributed by atoms with Crippen molar-refractivity contribution in [3.05, 3.63) is 88.3 Å². The van der Waals surface area contributed by atoms with Crippen molar-refractivity contribution in [2.75, 3.05) is 19.6 Å². The van der Waals surface area contributed by atoms with Gasteiger partial charge in [0.2, 0.25) is 0 Å². The summed E-state index contributed by atoms with van der Waals surface area (Å²) in [5, 5.41) is 0. The van der Waals surface area contributed by atoms with Crippen LogP contribution in [0, 0.1) is 52.4 Å². The van der Waals surface area contributed by atoms with Gasteiger partial charge in [0.05, 0.1) is 25.2 Å². The molecule has 0 aromatic heterocycles. The molecular weight excluding hydrogens is 604 g/mol. The second-order valence-corrected chi connectivity index (χ2v) is 10.1. The molecule has 4 nitrogen and oxygen atoms in total. The molecule has 0 amide bonds. The predicted molar refractivity (Wildman–Crippen MR) is 145 cm³/mol. The minimum Gasteiger partial charge on any atom is -0.489 e. The Kier molecular flexibility index (Phi) is 11.9. The van der Waals surface area contributed by atoms with Crippen LogP contribution in [0.3, 0.4) is 0 Å². The van der Waals surface area contributed by atoms with Crippen LogP contribution in [0.4, 0.5) is 39.5 Å². The first-order valence-corrected chi connectivity index (χ1v) is 14.1. The third-order valence-electron chi connectivity index (χ3n) is 7.73. The van der Waals surface area contributed by atoms with E-state index in [0.717, 1.165) is 12.8 Å². The third kappa shape index (κ3) is 7.56. The highest BCUT2D eigenvalue weighted by atomic mass is 19.2. The maximum atomic E-state index is 15.8. The van der Waals surface area contributed by atoms with Gasteiger partial charge in [-0.05, 0) is 27.2 Å². The standard InChI is InChI=1S/C30H32BF9NO3/c1-5-9-10-11-24(41(6-2,7-3)8-4)26-25(16-23(36)29(39)30(26)40)44-31(42-17-12-19(32)27(37)20(33)13-17)43-18-14-21(34)28(38)22(35)15-18/h12-16,24H,5-11H2,1-4H3/q+1. The second kappa shape index (κ2) is 15.0. The highest BCUT2D eigenvalue weighted by Crippen LogP contribution is 2.42. The number of nitrogens with zero attached hydrogens (tertiary/aromatic N) is 1. The van der Waals surface area contributed by atoms with Gasteiger partial charge in [-0.3, -0.25) is 0 Å². The number of benzene rings is 3. The molecule has 0 heterocycles. The van der Waals surface area contributed by atoms with Gasteiger partial charge in [0.25, 0.3) is 0 Å². The van der Waals surface area contributed by atoms with E-state index in [1.807, 2.05) is 27.7 Å². The van der Waals surface area contributed by atoms with Gasteiger partial charge < -0.3 is 18.4 Å². The summed E-state index contributed by atoms with van der Waals surface area (Å²) >= 11 is 0. The van der Waals surface area contributed by atoms with Gasteiger partial charge in [-0.15, -0.1) is 0 Å². The normalized spacial score (nSPS) is 12.3. The molecule has 0 spiro atoms. The smallest absolute Gasteiger partial charge is 0.489 e. The molecule has 0 aliphatic heterocycles. The average Bonchev–Trinajstić information content (AvgIpc) is 2.98. The topological polar surface area (TPSA) is 27.7 Å². The van der Waals surface area contributed by atoms with E-state index in [0.29, 0.717) is 62.8 Å². The van der Waals surface area contributed by atoms with Crippen LogP contribution in [0.1, 0.15) is 65.0 Å². The second-order valence-electron chi connectivity index (χ2n) is 10.1. The van der Waals surface area contributed by atoms with Crippen molar-refractivity contribution in [3.8, 4) is 17.2 Å².